The van der Waals surface area contributed by atoms with Gasteiger partial charge < -0.3 is 19.2 Å². The molecule has 26 heavy (non-hydrogen) atoms. The van der Waals surface area contributed by atoms with Gasteiger partial charge in [-0.05, 0) is 48.4 Å². The number of aromatic amines is 1. The maximum atomic E-state index is 9.61. The van der Waals surface area contributed by atoms with E-state index in [1.165, 1.54) is 0 Å². The molecule has 0 atom stereocenters. The van der Waals surface area contributed by atoms with Gasteiger partial charge in [-0.1, -0.05) is 6.07 Å². The van der Waals surface area contributed by atoms with Gasteiger partial charge in [0.05, 0.1) is 37.9 Å². The fraction of sp³-hybridized carbons (Fsp3) is 0.200. The number of rotatable bonds is 5. The van der Waals surface area contributed by atoms with Crippen LogP contribution >= 0.6 is 0 Å². The van der Waals surface area contributed by atoms with E-state index in [4.69, 9.17) is 14.2 Å². The summed E-state index contributed by atoms with van der Waals surface area (Å²) in [6.07, 6.45) is 1.73. The van der Waals surface area contributed by atoms with Crippen LogP contribution in [0.1, 0.15) is 17.0 Å². The molecule has 3 aromatic rings. The highest BCUT2D eigenvalue weighted by Gasteiger charge is 2.14. The quantitative estimate of drug-likeness (QED) is 0.705. The number of fused-ring (bicyclic) bond motifs is 1. The minimum absolute atomic E-state index is 0.410. The van der Waals surface area contributed by atoms with Gasteiger partial charge >= 0.3 is 0 Å². The zero-order chi connectivity index (χ0) is 18.7. The summed E-state index contributed by atoms with van der Waals surface area (Å²) in [4.78, 5) is 7.70. The third kappa shape index (κ3) is 3.20. The molecule has 0 bridgehead atoms. The van der Waals surface area contributed by atoms with Gasteiger partial charge in [0.25, 0.3) is 0 Å². The molecule has 0 saturated heterocycles. The van der Waals surface area contributed by atoms with E-state index in [-0.39, 0.29) is 0 Å². The zero-order valence-corrected chi connectivity index (χ0v) is 15.1. The molecule has 0 aliphatic heterocycles. The Balaban J connectivity index is 2.09. The molecule has 6 heteroatoms. The fourth-order valence-electron chi connectivity index (χ4n) is 2.76. The standard InChI is InChI=1S/C20H19N3O3/c1-12-5-6-15-16(7-12)23-20(22-15)14(11-21)8-13-9-17(24-2)19(26-4)18(10-13)25-3/h5-10H,1-4H3,(H,22,23). The first-order chi connectivity index (χ1) is 12.6. The summed E-state index contributed by atoms with van der Waals surface area (Å²) in [5.41, 5.74) is 3.99. The maximum absolute atomic E-state index is 9.61. The van der Waals surface area contributed by atoms with E-state index in [1.807, 2.05) is 25.1 Å². The predicted molar refractivity (Wildman–Crippen MR) is 100 cm³/mol. The minimum Gasteiger partial charge on any atom is -0.493 e. The first-order valence-electron chi connectivity index (χ1n) is 7.98. The number of hydrogen-bond donors (Lipinski definition) is 1. The highest BCUT2D eigenvalue weighted by Crippen LogP contribution is 2.39. The Hall–Kier alpha value is -3.46. The summed E-state index contributed by atoms with van der Waals surface area (Å²) in [5.74, 6) is 2.07. The normalized spacial score (nSPS) is 11.3. The van der Waals surface area contributed by atoms with Crippen molar-refractivity contribution in [3.05, 3.63) is 47.3 Å². The molecular weight excluding hydrogens is 330 g/mol. The number of nitrogens with zero attached hydrogens (tertiary/aromatic N) is 2. The van der Waals surface area contributed by atoms with Crippen LogP contribution in [0.15, 0.2) is 30.3 Å². The number of nitrogens with one attached hydrogen (secondary N) is 1. The topological polar surface area (TPSA) is 80.2 Å². The van der Waals surface area contributed by atoms with Crippen molar-refractivity contribution in [2.45, 2.75) is 6.92 Å². The van der Waals surface area contributed by atoms with Crippen LogP contribution in [0.3, 0.4) is 0 Å². The van der Waals surface area contributed by atoms with Crippen LogP contribution in [-0.4, -0.2) is 31.3 Å². The van der Waals surface area contributed by atoms with E-state index in [2.05, 4.69) is 16.0 Å². The van der Waals surface area contributed by atoms with E-state index < -0.39 is 0 Å². The molecule has 2 aromatic carbocycles. The highest BCUT2D eigenvalue weighted by molar-refractivity contribution is 5.90. The second-order valence-electron chi connectivity index (χ2n) is 5.73. The molecule has 1 N–H and O–H groups in total. The third-order valence-corrected chi connectivity index (χ3v) is 4.01. The molecule has 1 heterocycles. The average Bonchev–Trinajstić information content (AvgIpc) is 3.07. The zero-order valence-electron chi connectivity index (χ0n) is 15.1. The fourth-order valence-corrected chi connectivity index (χ4v) is 2.76. The Morgan fingerprint density at radius 2 is 1.77 bits per heavy atom. The van der Waals surface area contributed by atoms with Crippen molar-refractivity contribution >= 4 is 22.7 Å². The Bertz CT molecular complexity index is 1000. The first-order valence-corrected chi connectivity index (χ1v) is 7.98. The van der Waals surface area contributed by atoms with E-state index >= 15 is 0 Å². The maximum Gasteiger partial charge on any atom is 0.203 e. The van der Waals surface area contributed by atoms with Crippen molar-refractivity contribution in [3.63, 3.8) is 0 Å². The van der Waals surface area contributed by atoms with Gasteiger partial charge in [-0.2, -0.15) is 5.26 Å². The number of H-pyrrole nitrogens is 1. The molecule has 0 saturated carbocycles. The lowest BCUT2D eigenvalue weighted by atomic mass is 10.1. The predicted octanol–water partition coefficient (Wildman–Crippen LogP) is 3.96. The number of imidazole rings is 1. The van der Waals surface area contributed by atoms with E-state index in [0.29, 0.717) is 28.6 Å². The van der Waals surface area contributed by atoms with Crippen molar-refractivity contribution < 1.29 is 14.2 Å². The van der Waals surface area contributed by atoms with Crippen LogP contribution in [-0.2, 0) is 0 Å². The summed E-state index contributed by atoms with van der Waals surface area (Å²) >= 11 is 0. The SMILES string of the molecule is COc1cc(C=C(C#N)c2nc3ccc(C)cc3[nH]2)cc(OC)c1OC. The second kappa shape index (κ2) is 7.19. The third-order valence-electron chi connectivity index (χ3n) is 4.01. The largest absolute Gasteiger partial charge is 0.493 e. The van der Waals surface area contributed by atoms with Gasteiger partial charge in [0.15, 0.2) is 11.5 Å². The van der Waals surface area contributed by atoms with Gasteiger partial charge in [0.1, 0.15) is 11.9 Å². The van der Waals surface area contributed by atoms with E-state index in [9.17, 15) is 5.26 Å². The summed E-state index contributed by atoms with van der Waals surface area (Å²) < 4.78 is 16.0. The smallest absolute Gasteiger partial charge is 0.203 e. The van der Waals surface area contributed by atoms with Crippen molar-refractivity contribution in [3.8, 4) is 23.3 Å². The van der Waals surface area contributed by atoms with Crippen molar-refractivity contribution in [2.24, 2.45) is 0 Å². The molecule has 3 rings (SSSR count). The van der Waals surface area contributed by atoms with E-state index in [0.717, 1.165) is 22.2 Å². The number of benzene rings is 2. The van der Waals surface area contributed by atoms with E-state index in [1.54, 1.807) is 39.5 Å². The Kier molecular flexibility index (Phi) is 4.81. The monoisotopic (exact) mass is 349 g/mol. The Morgan fingerprint density at radius 3 is 2.35 bits per heavy atom. The van der Waals surface area contributed by atoms with Crippen LogP contribution in [0.2, 0.25) is 0 Å². The molecule has 0 aliphatic rings. The number of aryl methyl sites for hydroxylation is 1. The molecule has 0 fully saturated rings. The Labute approximate surface area is 151 Å². The van der Waals surface area contributed by atoms with Crippen LogP contribution in [0, 0.1) is 18.3 Å². The van der Waals surface area contributed by atoms with Gasteiger partial charge in [-0.25, -0.2) is 4.98 Å². The first kappa shape index (κ1) is 17.4. The molecule has 0 radical (unpaired) electrons. The number of nitriles is 1. The summed E-state index contributed by atoms with van der Waals surface area (Å²) in [6, 6.07) is 11.7. The summed E-state index contributed by atoms with van der Waals surface area (Å²) in [7, 11) is 4.65. The molecule has 0 spiro atoms. The number of ether oxygens (including phenoxy) is 3. The Morgan fingerprint density at radius 1 is 1.08 bits per heavy atom. The minimum atomic E-state index is 0.410. The number of allylic oxidation sites excluding steroid dienone is 1. The van der Waals surface area contributed by atoms with Gasteiger partial charge in [-0.15, -0.1) is 0 Å². The number of methoxy groups -OCH3 is 3. The van der Waals surface area contributed by atoms with Crippen molar-refractivity contribution in [2.75, 3.05) is 21.3 Å². The average molecular weight is 349 g/mol. The molecular formula is C20H19N3O3. The second-order valence-corrected chi connectivity index (χ2v) is 5.73. The van der Waals surface area contributed by atoms with Crippen LogP contribution in [0.5, 0.6) is 17.2 Å². The van der Waals surface area contributed by atoms with Gasteiger partial charge in [-0.3, -0.25) is 0 Å². The van der Waals surface area contributed by atoms with Crippen molar-refractivity contribution in [1.82, 2.24) is 9.97 Å². The van der Waals surface area contributed by atoms with Crippen LogP contribution < -0.4 is 14.2 Å². The van der Waals surface area contributed by atoms with Gasteiger partial charge in [0.2, 0.25) is 5.75 Å². The number of hydrogen-bond acceptors (Lipinski definition) is 5. The molecule has 132 valence electrons. The molecule has 0 aliphatic carbocycles. The molecule has 6 nitrogen and oxygen atoms in total. The van der Waals surface area contributed by atoms with Crippen molar-refractivity contribution in [1.29, 1.82) is 5.26 Å². The lowest BCUT2D eigenvalue weighted by Crippen LogP contribution is -1.96. The number of aromatic nitrogens is 2. The molecule has 1 aromatic heterocycles. The molecule has 0 amide bonds. The lowest BCUT2D eigenvalue weighted by Gasteiger charge is -2.13. The highest BCUT2D eigenvalue weighted by atomic mass is 16.5. The van der Waals surface area contributed by atoms with Crippen LogP contribution in [0.25, 0.3) is 22.7 Å². The summed E-state index contributed by atoms with van der Waals surface area (Å²) in [6.45, 7) is 2.01. The van der Waals surface area contributed by atoms with Crippen LogP contribution in [0.4, 0.5) is 0 Å². The van der Waals surface area contributed by atoms with Gasteiger partial charge in [0, 0.05) is 0 Å². The summed E-state index contributed by atoms with van der Waals surface area (Å²) in [5, 5.41) is 9.61. The lowest BCUT2D eigenvalue weighted by molar-refractivity contribution is 0.324. The molecule has 0 unspecified atom stereocenters.